The largest absolute Gasteiger partial charge is 0.380 e. The molecule has 2 aromatic rings. The Morgan fingerprint density at radius 3 is 2.76 bits per heavy atom. The molecule has 0 spiro atoms. The van der Waals surface area contributed by atoms with Gasteiger partial charge in [-0.15, -0.1) is 0 Å². The van der Waals surface area contributed by atoms with E-state index in [1.807, 2.05) is 29.5 Å². The molecule has 0 aliphatic carbocycles. The zero-order valence-corrected chi connectivity index (χ0v) is 11.0. The molecule has 7 heteroatoms. The second-order valence-corrected chi connectivity index (χ2v) is 4.57. The molecule has 0 saturated carbocycles. The molecule has 2 N–H and O–H groups in total. The zero-order valence-electron chi connectivity index (χ0n) is 8.81. The molecular weight excluding hydrogens is 337 g/mol. The number of nitrogen functional groups attached to an aromatic ring is 1. The normalized spacial score (nSPS) is 10.5. The van der Waals surface area contributed by atoms with Gasteiger partial charge in [0.2, 0.25) is 0 Å². The van der Waals surface area contributed by atoms with Crippen LogP contribution >= 0.6 is 22.6 Å². The fourth-order valence-electron chi connectivity index (χ4n) is 1.45. The van der Waals surface area contributed by atoms with Crippen molar-refractivity contribution < 1.29 is 9.45 Å². The third kappa shape index (κ3) is 2.09. The van der Waals surface area contributed by atoms with Crippen LogP contribution in [-0.2, 0) is 0 Å². The van der Waals surface area contributed by atoms with Crippen LogP contribution in [0.1, 0.15) is 5.56 Å². The fraction of sp³-hybridized carbons (Fsp3) is 0.100. The molecule has 1 aromatic heterocycles. The first-order valence-electron chi connectivity index (χ1n) is 4.66. The highest BCUT2D eigenvalue weighted by atomic mass is 127. The zero-order chi connectivity index (χ0) is 12.6. The van der Waals surface area contributed by atoms with E-state index < -0.39 is 4.92 Å². The Balaban J connectivity index is 2.69. The number of hydrogen-bond acceptors (Lipinski definition) is 5. The molecule has 0 amide bonds. The summed E-state index contributed by atoms with van der Waals surface area (Å²) in [5.41, 5.74) is 6.83. The minimum atomic E-state index is -0.455. The van der Waals surface area contributed by atoms with E-state index in [0.717, 1.165) is 5.56 Å². The molecule has 0 unspecified atom stereocenters. The van der Waals surface area contributed by atoms with Crippen molar-refractivity contribution in [3.63, 3.8) is 0 Å². The van der Waals surface area contributed by atoms with Crippen LogP contribution in [0.3, 0.4) is 0 Å². The Morgan fingerprint density at radius 2 is 2.24 bits per heavy atom. The van der Waals surface area contributed by atoms with E-state index in [9.17, 15) is 10.1 Å². The van der Waals surface area contributed by atoms with Crippen molar-refractivity contribution >= 4 is 34.1 Å². The summed E-state index contributed by atoms with van der Waals surface area (Å²) in [6.45, 7) is 1.85. The van der Waals surface area contributed by atoms with Crippen molar-refractivity contribution in [1.82, 2.24) is 5.16 Å². The molecule has 0 fully saturated rings. The fourth-order valence-corrected chi connectivity index (χ4v) is 1.94. The number of aromatic nitrogens is 1. The van der Waals surface area contributed by atoms with Gasteiger partial charge in [-0.2, -0.15) is 0 Å². The lowest BCUT2D eigenvalue weighted by Crippen LogP contribution is -1.93. The third-order valence-electron chi connectivity index (χ3n) is 2.25. The maximum atomic E-state index is 10.9. The first kappa shape index (κ1) is 11.8. The first-order valence-corrected chi connectivity index (χ1v) is 5.74. The van der Waals surface area contributed by atoms with Crippen LogP contribution in [0.2, 0.25) is 0 Å². The molecule has 0 atom stereocenters. The van der Waals surface area contributed by atoms with Gasteiger partial charge in [-0.05, 0) is 41.1 Å². The molecule has 1 aromatic carbocycles. The van der Waals surface area contributed by atoms with Gasteiger partial charge >= 0.3 is 0 Å². The number of nitrogens with two attached hydrogens (primary N) is 1. The average Bonchev–Trinajstić information content (AvgIpc) is 2.59. The smallest absolute Gasteiger partial charge is 0.280 e. The molecule has 1 heterocycles. The highest BCUT2D eigenvalue weighted by Gasteiger charge is 2.22. The molecular formula is C10H8IN3O3. The SMILES string of the molecule is Cc1ccc([N+](=O)[O-])c(-c2onc(N)c2I)c1. The van der Waals surface area contributed by atoms with Gasteiger partial charge in [0.05, 0.1) is 10.5 Å². The van der Waals surface area contributed by atoms with Crippen LogP contribution in [0, 0.1) is 20.6 Å². The highest BCUT2D eigenvalue weighted by Crippen LogP contribution is 2.35. The topological polar surface area (TPSA) is 95.2 Å². The van der Waals surface area contributed by atoms with Gasteiger partial charge in [0, 0.05) is 6.07 Å². The number of nitro groups is 1. The van der Waals surface area contributed by atoms with Gasteiger partial charge < -0.3 is 10.3 Å². The van der Waals surface area contributed by atoms with Crippen molar-refractivity contribution in [2.45, 2.75) is 6.92 Å². The summed E-state index contributed by atoms with van der Waals surface area (Å²) in [7, 11) is 0. The average molecular weight is 345 g/mol. The van der Waals surface area contributed by atoms with Crippen molar-refractivity contribution in [2.75, 3.05) is 5.73 Å². The minimum Gasteiger partial charge on any atom is -0.380 e. The number of rotatable bonds is 2. The lowest BCUT2D eigenvalue weighted by molar-refractivity contribution is -0.384. The van der Waals surface area contributed by atoms with E-state index in [0.29, 0.717) is 14.9 Å². The van der Waals surface area contributed by atoms with Crippen molar-refractivity contribution in [3.8, 4) is 11.3 Å². The number of nitrogens with zero attached hydrogens (tertiary/aromatic N) is 2. The van der Waals surface area contributed by atoms with Crippen molar-refractivity contribution in [1.29, 1.82) is 0 Å². The van der Waals surface area contributed by atoms with E-state index in [-0.39, 0.29) is 11.5 Å². The molecule has 2 rings (SSSR count). The number of halogens is 1. The molecule has 0 aliphatic heterocycles. The standard InChI is InChI=1S/C10H8IN3O3/c1-5-2-3-7(14(15)16)6(4-5)9-8(11)10(12)13-17-9/h2-4H,1H3,(H2,12,13). The summed E-state index contributed by atoms with van der Waals surface area (Å²) < 4.78 is 5.62. The molecule has 6 nitrogen and oxygen atoms in total. The lowest BCUT2D eigenvalue weighted by atomic mass is 10.1. The van der Waals surface area contributed by atoms with E-state index in [1.54, 1.807) is 12.1 Å². The lowest BCUT2D eigenvalue weighted by Gasteiger charge is -2.01. The number of benzene rings is 1. The summed E-state index contributed by atoms with van der Waals surface area (Å²) >= 11 is 1.95. The number of aryl methyl sites for hydroxylation is 1. The molecule has 88 valence electrons. The van der Waals surface area contributed by atoms with Gasteiger partial charge in [0.1, 0.15) is 3.57 Å². The van der Waals surface area contributed by atoms with Crippen molar-refractivity contribution in [2.24, 2.45) is 0 Å². The molecule has 0 aliphatic rings. The summed E-state index contributed by atoms with van der Waals surface area (Å²) in [5, 5.41) is 14.5. The summed E-state index contributed by atoms with van der Waals surface area (Å²) in [4.78, 5) is 10.5. The highest BCUT2D eigenvalue weighted by molar-refractivity contribution is 14.1. The number of hydrogen-bond donors (Lipinski definition) is 1. The predicted octanol–water partition coefficient (Wildman–Crippen LogP) is 2.75. The number of nitro benzene ring substituents is 1. The first-order chi connectivity index (χ1) is 8.00. The van der Waals surface area contributed by atoms with Crippen LogP contribution in [-0.4, -0.2) is 10.1 Å². The quantitative estimate of drug-likeness (QED) is 0.513. The predicted molar refractivity (Wildman–Crippen MR) is 70.5 cm³/mol. The van der Waals surface area contributed by atoms with Gasteiger partial charge in [0.25, 0.3) is 5.69 Å². The van der Waals surface area contributed by atoms with Crippen LogP contribution in [0.5, 0.6) is 0 Å². The Morgan fingerprint density at radius 1 is 1.53 bits per heavy atom. The van der Waals surface area contributed by atoms with Gasteiger partial charge in [0.15, 0.2) is 11.6 Å². The summed E-state index contributed by atoms with van der Waals surface area (Å²) in [6.07, 6.45) is 0. The minimum absolute atomic E-state index is 0.0235. The second kappa shape index (κ2) is 4.32. The maximum absolute atomic E-state index is 10.9. The van der Waals surface area contributed by atoms with E-state index in [4.69, 9.17) is 10.3 Å². The van der Waals surface area contributed by atoms with Crippen LogP contribution in [0.25, 0.3) is 11.3 Å². The Bertz CT molecular complexity index is 594. The van der Waals surface area contributed by atoms with E-state index in [2.05, 4.69) is 5.16 Å². The van der Waals surface area contributed by atoms with Crippen LogP contribution < -0.4 is 5.73 Å². The van der Waals surface area contributed by atoms with Gasteiger partial charge in [-0.1, -0.05) is 11.2 Å². The van der Waals surface area contributed by atoms with Crippen LogP contribution in [0.15, 0.2) is 22.7 Å². The third-order valence-corrected chi connectivity index (χ3v) is 3.30. The summed E-state index contributed by atoms with van der Waals surface area (Å²) in [6, 6.07) is 4.80. The van der Waals surface area contributed by atoms with Gasteiger partial charge in [-0.3, -0.25) is 10.1 Å². The monoisotopic (exact) mass is 345 g/mol. The van der Waals surface area contributed by atoms with E-state index in [1.165, 1.54) is 6.07 Å². The molecule has 0 radical (unpaired) electrons. The second-order valence-electron chi connectivity index (χ2n) is 3.49. The maximum Gasteiger partial charge on any atom is 0.280 e. The Kier molecular flexibility index (Phi) is 3.01. The Labute approximate surface area is 110 Å². The van der Waals surface area contributed by atoms with Crippen molar-refractivity contribution in [3.05, 3.63) is 37.4 Å². The molecule has 0 bridgehead atoms. The summed E-state index contributed by atoms with van der Waals surface area (Å²) in [5.74, 6) is 0.565. The van der Waals surface area contributed by atoms with E-state index >= 15 is 0 Å². The van der Waals surface area contributed by atoms with Crippen LogP contribution in [0.4, 0.5) is 11.5 Å². The number of anilines is 1. The molecule has 17 heavy (non-hydrogen) atoms. The molecule has 0 saturated heterocycles. The Hall–Kier alpha value is -1.64. The van der Waals surface area contributed by atoms with Gasteiger partial charge in [-0.25, -0.2) is 0 Å².